The fourth-order valence-corrected chi connectivity index (χ4v) is 2.48. The summed E-state index contributed by atoms with van der Waals surface area (Å²) in [5, 5.41) is 0. The number of rotatable bonds is 4. The van der Waals surface area contributed by atoms with Gasteiger partial charge < -0.3 is 20.1 Å². The van der Waals surface area contributed by atoms with Gasteiger partial charge in [-0.2, -0.15) is 0 Å². The van der Waals surface area contributed by atoms with Crippen LogP contribution in [0.1, 0.15) is 18.1 Å². The maximum Gasteiger partial charge on any atom is 0.226 e. The summed E-state index contributed by atoms with van der Waals surface area (Å²) >= 11 is 0. The minimum absolute atomic E-state index is 0. The summed E-state index contributed by atoms with van der Waals surface area (Å²) in [6.45, 7) is 3.59. The number of hydrogen-bond donors (Lipinski definition) is 1. The summed E-state index contributed by atoms with van der Waals surface area (Å²) in [7, 11) is 3.25. The van der Waals surface area contributed by atoms with Crippen LogP contribution in [-0.2, 0) is 17.8 Å². The molecule has 0 radical (unpaired) electrons. The molecule has 1 aliphatic heterocycles. The summed E-state index contributed by atoms with van der Waals surface area (Å²) in [6.07, 6.45) is 0.832. The molecule has 1 heterocycles. The smallest absolute Gasteiger partial charge is 0.226 e. The first-order chi connectivity index (χ1) is 9.60. The third kappa shape index (κ3) is 3.60. The zero-order valence-corrected chi connectivity index (χ0v) is 13.5. The zero-order chi connectivity index (χ0) is 14.7. The zero-order valence-electron chi connectivity index (χ0n) is 12.7. The van der Waals surface area contributed by atoms with Crippen LogP contribution in [0.2, 0.25) is 0 Å². The Hall–Kier alpha value is -1.46. The molecule has 118 valence electrons. The van der Waals surface area contributed by atoms with E-state index in [9.17, 15) is 4.79 Å². The van der Waals surface area contributed by atoms with Crippen LogP contribution in [-0.4, -0.2) is 38.1 Å². The predicted molar refractivity (Wildman–Crippen MR) is 84.1 cm³/mol. The minimum Gasteiger partial charge on any atom is -0.493 e. The Kier molecular flexibility index (Phi) is 6.30. The first kappa shape index (κ1) is 17.6. The molecule has 21 heavy (non-hydrogen) atoms. The van der Waals surface area contributed by atoms with E-state index in [0.29, 0.717) is 18.8 Å². The van der Waals surface area contributed by atoms with E-state index in [-0.39, 0.29) is 24.2 Å². The largest absolute Gasteiger partial charge is 0.493 e. The SMILES string of the molecule is COc1cc2c(cc1OC)CN(C(=O)C(C)CN)CC2.Cl. The van der Waals surface area contributed by atoms with Gasteiger partial charge in [0.25, 0.3) is 0 Å². The number of nitrogens with two attached hydrogens (primary N) is 1. The van der Waals surface area contributed by atoms with Gasteiger partial charge in [-0.1, -0.05) is 6.92 Å². The molecule has 1 aliphatic rings. The van der Waals surface area contributed by atoms with Crippen molar-refractivity contribution in [2.45, 2.75) is 19.9 Å². The number of methoxy groups -OCH3 is 2. The molecule has 6 heteroatoms. The first-order valence-electron chi connectivity index (χ1n) is 6.83. The quantitative estimate of drug-likeness (QED) is 0.917. The Labute approximate surface area is 131 Å². The van der Waals surface area contributed by atoms with E-state index in [4.69, 9.17) is 15.2 Å². The molecular weight excluding hydrogens is 292 g/mol. The molecule has 0 spiro atoms. The highest BCUT2D eigenvalue weighted by Crippen LogP contribution is 2.33. The molecule has 0 saturated heterocycles. The third-order valence-corrected chi connectivity index (χ3v) is 3.80. The van der Waals surface area contributed by atoms with Crippen LogP contribution in [0.3, 0.4) is 0 Å². The van der Waals surface area contributed by atoms with Gasteiger partial charge in [-0.25, -0.2) is 0 Å². The Bertz CT molecular complexity index is 508. The predicted octanol–water partition coefficient (Wildman–Crippen LogP) is 1.61. The van der Waals surface area contributed by atoms with Gasteiger partial charge in [-0.15, -0.1) is 12.4 Å². The fourth-order valence-electron chi connectivity index (χ4n) is 2.48. The standard InChI is InChI=1S/C15H22N2O3.ClH/c1-10(8-16)15(18)17-5-4-11-6-13(19-2)14(20-3)7-12(11)9-17;/h6-7,10H,4-5,8-9,16H2,1-3H3;1H. The number of fused-ring (bicyclic) bond motifs is 1. The molecule has 5 nitrogen and oxygen atoms in total. The highest BCUT2D eigenvalue weighted by atomic mass is 35.5. The lowest BCUT2D eigenvalue weighted by Gasteiger charge is -2.31. The number of carbonyl (C=O) groups is 1. The van der Waals surface area contributed by atoms with Gasteiger partial charge in [0.05, 0.1) is 14.2 Å². The van der Waals surface area contributed by atoms with E-state index < -0.39 is 0 Å². The number of halogens is 1. The maximum absolute atomic E-state index is 12.2. The monoisotopic (exact) mass is 314 g/mol. The Morgan fingerprint density at radius 2 is 1.86 bits per heavy atom. The molecule has 0 bridgehead atoms. The first-order valence-corrected chi connectivity index (χ1v) is 6.83. The number of hydrogen-bond acceptors (Lipinski definition) is 4. The minimum atomic E-state index is -0.128. The van der Waals surface area contributed by atoms with Crippen molar-refractivity contribution in [3.63, 3.8) is 0 Å². The van der Waals surface area contributed by atoms with E-state index in [2.05, 4.69) is 0 Å². The van der Waals surface area contributed by atoms with Crippen LogP contribution >= 0.6 is 12.4 Å². The van der Waals surface area contributed by atoms with Crippen LogP contribution in [0.4, 0.5) is 0 Å². The van der Waals surface area contributed by atoms with E-state index in [1.807, 2.05) is 24.0 Å². The molecule has 1 atom stereocenters. The van der Waals surface area contributed by atoms with Gasteiger partial charge in [0, 0.05) is 25.6 Å². The number of nitrogens with zero attached hydrogens (tertiary/aromatic N) is 1. The van der Waals surface area contributed by atoms with Crippen molar-refractivity contribution in [2.24, 2.45) is 11.7 Å². The van der Waals surface area contributed by atoms with E-state index in [0.717, 1.165) is 24.3 Å². The Balaban J connectivity index is 0.00000220. The summed E-state index contributed by atoms with van der Waals surface area (Å²) in [6, 6.07) is 3.96. The summed E-state index contributed by atoms with van der Waals surface area (Å²) in [4.78, 5) is 14.1. The van der Waals surface area contributed by atoms with Crippen molar-refractivity contribution in [3.05, 3.63) is 23.3 Å². The lowest BCUT2D eigenvalue weighted by Crippen LogP contribution is -2.41. The van der Waals surface area contributed by atoms with Gasteiger partial charge in [0.1, 0.15) is 0 Å². The lowest BCUT2D eigenvalue weighted by atomic mass is 9.97. The topological polar surface area (TPSA) is 64.8 Å². The van der Waals surface area contributed by atoms with E-state index >= 15 is 0 Å². The normalized spacial score (nSPS) is 14.8. The van der Waals surface area contributed by atoms with Gasteiger partial charge in [0.15, 0.2) is 11.5 Å². The van der Waals surface area contributed by atoms with Crippen molar-refractivity contribution >= 4 is 18.3 Å². The maximum atomic E-state index is 12.2. The van der Waals surface area contributed by atoms with Crippen molar-refractivity contribution < 1.29 is 14.3 Å². The molecule has 0 aromatic heterocycles. The van der Waals surface area contributed by atoms with Crippen molar-refractivity contribution in [3.8, 4) is 11.5 Å². The molecule has 1 amide bonds. The van der Waals surface area contributed by atoms with Gasteiger partial charge >= 0.3 is 0 Å². The average Bonchev–Trinajstić information content (AvgIpc) is 2.51. The second-order valence-corrected chi connectivity index (χ2v) is 5.12. The number of carbonyl (C=O) groups excluding carboxylic acids is 1. The van der Waals surface area contributed by atoms with Crippen LogP contribution in [0.25, 0.3) is 0 Å². The molecule has 1 unspecified atom stereocenters. The summed E-state index contributed by atoms with van der Waals surface area (Å²) < 4.78 is 10.6. The second-order valence-electron chi connectivity index (χ2n) is 5.12. The van der Waals surface area contributed by atoms with Gasteiger partial charge in [0.2, 0.25) is 5.91 Å². The van der Waals surface area contributed by atoms with E-state index in [1.54, 1.807) is 14.2 Å². The van der Waals surface area contributed by atoms with Gasteiger partial charge in [-0.05, 0) is 29.7 Å². The highest BCUT2D eigenvalue weighted by Gasteiger charge is 2.25. The molecule has 0 saturated carbocycles. The Morgan fingerprint density at radius 1 is 1.29 bits per heavy atom. The summed E-state index contributed by atoms with van der Waals surface area (Å²) in [5.74, 6) is 1.43. The van der Waals surface area contributed by atoms with Crippen LogP contribution in [0, 0.1) is 5.92 Å². The molecule has 0 fully saturated rings. The van der Waals surface area contributed by atoms with Crippen LogP contribution < -0.4 is 15.2 Å². The number of amides is 1. The molecule has 1 aromatic rings. The average molecular weight is 315 g/mol. The molecule has 2 N–H and O–H groups in total. The van der Waals surface area contributed by atoms with Gasteiger partial charge in [-0.3, -0.25) is 4.79 Å². The Morgan fingerprint density at radius 3 is 2.38 bits per heavy atom. The highest BCUT2D eigenvalue weighted by molar-refractivity contribution is 5.85. The third-order valence-electron chi connectivity index (χ3n) is 3.80. The van der Waals surface area contributed by atoms with Crippen molar-refractivity contribution in [1.29, 1.82) is 0 Å². The van der Waals surface area contributed by atoms with Crippen LogP contribution in [0.5, 0.6) is 11.5 Å². The summed E-state index contributed by atoms with van der Waals surface area (Å²) in [5.41, 5.74) is 7.91. The molecule has 2 rings (SSSR count). The molecule has 0 aliphatic carbocycles. The molecule has 1 aromatic carbocycles. The van der Waals surface area contributed by atoms with Crippen molar-refractivity contribution in [1.82, 2.24) is 4.90 Å². The second kappa shape index (κ2) is 7.52. The van der Waals surface area contributed by atoms with E-state index in [1.165, 1.54) is 5.56 Å². The van der Waals surface area contributed by atoms with Crippen molar-refractivity contribution in [2.75, 3.05) is 27.3 Å². The van der Waals surface area contributed by atoms with Crippen LogP contribution in [0.15, 0.2) is 12.1 Å². The fraction of sp³-hybridized carbons (Fsp3) is 0.533. The lowest BCUT2D eigenvalue weighted by molar-refractivity contribution is -0.135. The molecular formula is C15H23ClN2O3. The number of ether oxygens (including phenoxy) is 2. The number of benzene rings is 1.